The smallest absolute Gasteiger partial charge is 0.306 e. The molecule has 0 fully saturated rings. The summed E-state index contributed by atoms with van der Waals surface area (Å²) in [5.74, 6) is 0.449. The number of hydrogen-bond acceptors (Lipinski definition) is 4. The van der Waals surface area contributed by atoms with Crippen LogP contribution in [0.2, 0.25) is 5.02 Å². The number of halogens is 1. The summed E-state index contributed by atoms with van der Waals surface area (Å²) in [5.41, 5.74) is 6.77. The van der Waals surface area contributed by atoms with Crippen LogP contribution in [0.3, 0.4) is 0 Å². The molecule has 0 saturated carbocycles. The Morgan fingerprint density at radius 2 is 2.29 bits per heavy atom. The highest BCUT2D eigenvalue weighted by Gasteiger charge is 2.07. The number of thioether (sulfide) groups is 1. The molecular weight excluding hydrogens is 258 g/mol. The van der Waals surface area contributed by atoms with E-state index < -0.39 is 0 Å². The molecule has 1 aromatic rings. The van der Waals surface area contributed by atoms with Gasteiger partial charge in [0.15, 0.2) is 0 Å². The number of benzene rings is 1. The van der Waals surface area contributed by atoms with E-state index in [0.29, 0.717) is 17.2 Å². The maximum absolute atomic E-state index is 10.9. The van der Waals surface area contributed by atoms with Gasteiger partial charge in [0.25, 0.3) is 0 Å². The van der Waals surface area contributed by atoms with Crippen LogP contribution in [0.1, 0.15) is 24.9 Å². The molecule has 0 unspecified atom stereocenters. The summed E-state index contributed by atoms with van der Waals surface area (Å²) in [7, 11) is 1.39. The first-order valence-electron chi connectivity index (χ1n) is 5.29. The van der Waals surface area contributed by atoms with E-state index in [1.807, 2.05) is 25.1 Å². The molecule has 0 aliphatic heterocycles. The second kappa shape index (κ2) is 6.89. The molecule has 0 heterocycles. The zero-order valence-electron chi connectivity index (χ0n) is 9.90. The van der Waals surface area contributed by atoms with Crippen molar-refractivity contribution in [2.75, 3.05) is 12.9 Å². The van der Waals surface area contributed by atoms with Gasteiger partial charge in [0.1, 0.15) is 0 Å². The molecule has 0 bridgehead atoms. The average Bonchev–Trinajstić information content (AvgIpc) is 2.30. The van der Waals surface area contributed by atoms with Crippen molar-refractivity contribution in [2.24, 2.45) is 5.73 Å². The van der Waals surface area contributed by atoms with Gasteiger partial charge in [0, 0.05) is 16.7 Å². The van der Waals surface area contributed by atoms with Crippen LogP contribution in [-0.4, -0.2) is 18.8 Å². The summed E-state index contributed by atoms with van der Waals surface area (Å²) in [5, 5.41) is 0.676. The lowest BCUT2D eigenvalue weighted by Crippen LogP contribution is -2.04. The minimum atomic E-state index is -0.208. The monoisotopic (exact) mass is 273 g/mol. The predicted octanol–water partition coefficient (Wildman–Crippen LogP) is 3.01. The first-order valence-corrected chi connectivity index (χ1v) is 6.65. The van der Waals surface area contributed by atoms with Gasteiger partial charge >= 0.3 is 5.97 Å². The third kappa shape index (κ3) is 4.58. The molecule has 0 spiro atoms. The maximum Gasteiger partial charge on any atom is 0.306 e. The van der Waals surface area contributed by atoms with Crippen molar-refractivity contribution < 1.29 is 9.53 Å². The van der Waals surface area contributed by atoms with Crippen molar-refractivity contribution in [3.63, 3.8) is 0 Å². The fraction of sp³-hybridized carbons (Fsp3) is 0.417. The van der Waals surface area contributed by atoms with E-state index in [1.54, 1.807) is 0 Å². The van der Waals surface area contributed by atoms with Gasteiger partial charge in [-0.2, -0.15) is 0 Å². The Labute approximate surface area is 111 Å². The van der Waals surface area contributed by atoms with Crippen molar-refractivity contribution in [3.05, 3.63) is 28.8 Å². The number of carbonyl (C=O) groups excluding carboxylic acids is 1. The first kappa shape index (κ1) is 14.4. The third-order valence-corrected chi connectivity index (χ3v) is 3.77. The van der Waals surface area contributed by atoms with Gasteiger partial charge in [-0.1, -0.05) is 17.7 Å². The van der Waals surface area contributed by atoms with Crippen molar-refractivity contribution >= 4 is 29.3 Å². The van der Waals surface area contributed by atoms with Crippen LogP contribution >= 0.6 is 23.4 Å². The van der Waals surface area contributed by atoms with Crippen LogP contribution < -0.4 is 5.73 Å². The molecule has 0 aliphatic carbocycles. The van der Waals surface area contributed by atoms with E-state index in [1.165, 1.54) is 18.9 Å². The Morgan fingerprint density at radius 3 is 2.82 bits per heavy atom. The number of hydrogen-bond donors (Lipinski definition) is 1. The van der Waals surface area contributed by atoms with Gasteiger partial charge in [-0.05, 0) is 24.6 Å². The highest BCUT2D eigenvalue weighted by molar-refractivity contribution is 7.99. The summed E-state index contributed by atoms with van der Waals surface area (Å²) >= 11 is 7.67. The molecule has 0 aliphatic rings. The van der Waals surface area contributed by atoms with E-state index in [4.69, 9.17) is 17.3 Å². The number of methoxy groups -OCH3 is 1. The molecule has 5 heteroatoms. The number of rotatable bonds is 5. The zero-order chi connectivity index (χ0) is 12.8. The van der Waals surface area contributed by atoms with E-state index in [2.05, 4.69) is 4.74 Å². The van der Waals surface area contributed by atoms with Crippen LogP contribution in [0, 0.1) is 0 Å². The van der Waals surface area contributed by atoms with Crippen LogP contribution in [0.4, 0.5) is 0 Å². The molecule has 3 nitrogen and oxygen atoms in total. The standard InChI is InChI=1S/C12H16ClNO2S/c1-8(14)9-3-4-11(10(13)7-9)17-6-5-12(15)16-2/h3-4,7-8H,5-6,14H2,1-2H3/t8-/m1/s1. The molecular formula is C12H16ClNO2S. The van der Waals surface area contributed by atoms with E-state index >= 15 is 0 Å². The van der Waals surface area contributed by atoms with E-state index in [-0.39, 0.29) is 12.0 Å². The van der Waals surface area contributed by atoms with Crippen LogP contribution in [0.5, 0.6) is 0 Å². The second-order valence-electron chi connectivity index (χ2n) is 3.65. The molecule has 17 heavy (non-hydrogen) atoms. The summed E-state index contributed by atoms with van der Waals surface area (Å²) in [6.07, 6.45) is 0.381. The molecule has 2 N–H and O–H groups in total. The summed E-state index contributed by atoms with van der Waals surface area (Å²) in [4.78, 5) is 11.9. The minimum Gasteiger partial charge on any atom is -0.469 e. The van der Waals surface area contributed by atoms with Crippen LogP contribution in [0.15, 0.2) is 23.1 Å². The molecule has 0 radical (unpaired) electrons. The molecule has 94 valence electrons. The Kier molecular flexibility index (Phi) is 5.82. The van der Waals surface area contributed by atoms with Gasteiger partial charge in [-0.25, -0.2) is 0 Å². The molecule has 0 aromatic heterocycles. The van der Waals surface area contributed by atoms with Crippen LogP contribution in [0.25, 0.3) is 0 Å². The Balaban J connectivity index is 2.57. The lowest BCUT2D eigenvalue weighted by molar-refractivity contribution is -0.140. The topological polar surface area (TPSA) is 52.3 Å². The largest absolute Gasteiger partial charge is 0.469 e. The number of ether oxygens (including phenoxy) is 1. The normalized spacial score (nSPS) is 12.2. The molecule has 1 aromatic carbocycles. The average molecular weight is 274 g/mol. The molecule has 0 saturated heterocycles. The van der Waals surface area contributed by atoms with Crippen molar-refractivity contribution in [1.82, 2.24) is 0 Å². The minimum absolute atomic E-state index is 0.0263. The lowest BCUT2D eigenvalue weighted by atomic mass is 10.1. The summed E-state index contributed by atoms with van der Waals surface area (Å²) in [6, 6.07) is 5.73. The molecule has 1 atom stereocenters. The number of carbonyl (C=O) groups is 1. The predicted molar refractivity (Wildman–Crippen MR) is 71.4 cm³/mol. The van der Waals surface area contributed by atoms with Gasteiger partial charge in [-0.15, -0.1) is 11.8 Å². The van der Waals surface area contributed by atoms with E-state index in [0.717, 1.165) is 10.5 Å². The molecule has 0 amide bonds. The van der Waals surface area contributed by atoms with Gasteiger partial charge in [0.2, 0.25) is 0 Å². The van der Waals surface area contributed by atoms with Crippen molar-refractivity contribution in [1.29, 1.82) is 0 Å². The van der Waals surface area contributed by atoms with Crippen LogP contribution in [-0.2, 0) is 9.53 Å². The highest BCUT2D eigenvalue weighted by atomic mass is 35.5. The maximum atomic E-state index is 10.9. The quantitative estimate of drug-likeness (QED) is 0.662. The fourth-order valence-corrected chi connectivity index (χ4v) is 2.47. The Hall–Kier alpha value is -0.710. The van der Waals surface area contributed by atoms with Gasteiger partial charge < -0.3 is 10.5 Å². The SMILES string of the molecule is COC(=O)CCSc1ccc([C@@H](C)N)cc1Cl. The summed E-state index contributed by atoms with van der Waals surface area (Å²) < 4.78 is 4.57. The third-order valence-electron chi connectivity index (χ3n) is 2.27. The summed E-state index contributed by atoms with van der Waals surface area (Å²) in [6.45, 7) is 1.91. The number of nitrogens with two attached hydrogens (primary N) is 1. The molecule has 1 rings (SSSR count). The highest BCUT2D eigenvalue weighted by Crippen LogP contribution is 2.29. The lowest BCUT2D eigenvalue weighted by Gasteiger charge is -2.09. The first-order chi connectivity index (χ1) is 8.04. The van der Waals surface area contributed by atoms with Gasteiger partial charge in [-0.3, -0.25) is 4.79 Å². The second-order valence-corrected chi connectivity index (χ2v) is 5.20. The zero-order valence-corrected chi connectivity index (χ0v) is 11.5. The Morgan fingerprint density at radius 1 is 1.59 bits per heavy atom. The van der Waals surface area contributed by atoms with E-state index in [9.17, 15) is 4.79 Å². The van der Waals surface area contributed by atoms with Crippen molar-refractivity contribution in [2.45, 2.75) is 24.3 Å². The fourth-order valence-electron chi connectivity index (χ4n) is 1.26. The Bertz CT molecular complexity index is 396. The van der Waals surface area contributed by atoms with Crippen molar-refractivity contribution in [3.8, 4) is 0 Å². The number of esters is 1. The van der Waals surface area contributed by atoms with Gasteiger partial charge in [0.05, 0.1) is 18.6 Å².